The molecule has 0 saturated heterocycles. The summed E-state index contributed by atoms with van der Waals surface area (Å²) in [7, 11) is 0. The highest BCUT2D eigenvalue weighted by molar-refractivity contribution is 9.10. The van der Waals surface area contributed by atoms with Crippen LogP contribution in [0.25, 0.3) is 0 Å². The fraction of sp³-hybridized carbons (Fsp3) is 0.462. The molecular formula is C13H19BrN2O2. The van der Waals surface area contributed by atoms with Crippen molar-refractivity contribution < 1.29 is 9.53 Å². The van der Waals surface area contributed by atoms with Gasteiger partial charge in [0.1, 0.15) is 0 Å². The summed E-state index contributed by atoms with van der Waals surface area (Å²) in [5, 5.41) is 2.89. The van der Waals surface area contributed by atoms with Crippen LogP contribution >= 0.6 is 15.9 Å². The SMILES string of the molecule is CCOCC(C)NC(=O)c1cc(Br)cc(N)c1C. The summed E-state index contributed by atoms with van der Waals surface area (Å²) in [6.07, 6.45) is 0. The van der Waals surface area contributed by atoms with E-state index in [1.807, 2.05) is 20.8 Å². The fourth-order valence-corrected chi connectivity index (χ4v) is 2.05. The number of ether oxygens (including phenoxy) is 1. The molecule has 1 atom stereocenters. The normalized spacial score (nSPS) is 12.2. The second-order valence-corrected chi connectivity index (χ2v) is 5.12. The molecule has 0 fully saturated rings. The highest BCUT2D eigenvalue weighted by atomic mass is 79.9. The molecule has 100 valence electrons. The summed E-state index contributed by atoms with van der Waals surface area (Å²) in [6.45, 7) is 6.82. The van der Waals surface area contributed by atoms with Crippen LogP contribution in [0.15, 0.2) is 16.6 Å². The van der Waals surface area contributed by atoms with Gasteiger partial charge in [0.2, 0.25) is 0 Å². The number of nitrogen functional groups attached to an aromatic ring is 1. The lowest BCUT2D eigenvalue weighted by Crippen LogP contribution is -2.36. The van der Waals surface area contributed by atoms with Crippen molar-refractivity contribution in [1.29, 1.82) is 0 Å². The van der Waals surface area contributed by atoms with Crippen molar-refractivity contribution in [2.75, 3.05) is 18.9 Å². The van der Waals surface area contributed by atoms with Gasteiger partial charge in [-0.2, -0.15) is 0 Å². The Hall–Kier alpha value is -1.07. The molecule has 1 aromatic carbocycles. The number of nitrogens with two attached hydrogens (primary N) is 1. The molecule has 18 heavy (non-hydrogen) atoms. The second-order valence-electron chi connectivity index (χ2n) is 4.20. The predicted octanol–water partition coefficient (Wildman–Crippen LogP) is 2.49. The molecule has 1 aromatic rings. The standard InChI is InChI=1S/C13H19BrN2O2/c1-4-18-7-8(2)16-13(17)11-5-10(14)6-12(15)9(11)3/h5-6,8H,4,7,15H2,1-3H3,(H,16,17). The van der Waals surface area contributed by atoms with Gasteiger partial charge >= 0.3 is 0 Å². The molecule has 1 unspecified atom stereocenters. The first kappa shape index (κ1) is 15.0. The van der Waals surface area contributed by atoms with Gasteiger partial charge in [-0.3, -0.25) is 4.79 Å². The van der Waals surface area contributed by atoms with Gasteiger partial charge in [0.25, 0.3) is 5.91 Å². The van der Waals surface area contributed by atoms with E-state index in [-0.39, 0.29) is 11.9 Å². The third-order valence-electron chi connectivity index (χ3n) is 2.61. The number of carbonyl (C=O) groups excluding carboxylic acids is 1. The maximum Gasteiger partial charge on any atom is 0.251 e. The van der Waals surface area contributed by atoms with Crippen LogP contribution < -0.4 is 11.1 Å². The molecule has 0 aliphatic carbocycles. The van der Waals surface area contributed by atoms with Crippen LogP contribution in [-0.4, -0.2) is 25.2 Å². The summed E-state index contributed by atoms with van der Waals surface area (Å²) in [5.41, 5.74) is 7.82. The Morgan fingerprint density at radius 2 is 2.22 bits per heavy atom. The largest absolute Gasteiger partial charge is 0.398 e. The number of anilines is 1. The third-order valence-corrected chi connectivity index (χ3v) is 3.06. The van der Waals surface area contributed by atoms with E-state index in [2.05, 4.69) is 21.2 Å². The monoisotopic (exact) mass is 314 g/mol. The third kappa shape index (κ3) is 3.99. The van der Waals surface area contributed by atoms with Gasteiger partial charge in [0, 0.05) is 28.4 Å². The molecule has 3 N–H and O–H groups in total. The first-order chi connectivity index (χ1) is 8.45. The van der Waals surface area contributed by atoms with Crippen molar-refractivity contribution in [1.82, 2.24) is 5.32 Å². The van der Waals surface area contributed by atoms with Gasteiger partial charge in [0.15, 0.2) is 0 Å². The first-order valence-electron chi connectivity index (χ1n) is 5.90. The highest BCUT2D eigenvalue weighted by Crippen LogP contribution is 2.22. The van der Waals surface area contributed by atoms with E-state index >= 15 is 0 Å². The maximum absolute atomic E-state index is 12.1. The van der Waals surface area contributed by atoms with E-state index in [1.54, 1.807) is 12.1 Å². The van der Waals surface area contributed by atoms with Crippen molar-refractivity contribution in [2.45, 2.75) is 26.8 Å². The minimum absolute atomic E-state index is 0.0305. The number of rotatable bonds is 5. The van der Waals surface area contributed by atoms with Gasteiger partial charge in [-0.15, -0.1) is 0 Å². The zero-order valence-corrected chi connectivity index (χ0v) is 12.5. The molecule has 0 bridgehead atoms. The lowest BCUT2D eigenvalue weighted by molar-refractivity contribution is 0.0871. The van der Waals surface area contributed by atoms with Crippen molar-refractivity contribution in [2.24, 2.45) is 0 Å². The number of benzene rings is 1. The molecule has 4 nitrogen and oxygen atoms in total. The Labute approximate surface area is 116 Å². The molecule has 0 saturated carbocycles. The van der Waals surface area contributed by atoms with Gasteiger partial charge in [0.05, 0.1) is 6.61 Å². The molecule has 1 amide bonds. The first-order valence-corrected chi connectivity index (χ1v) is 6.69. The summed E-state index contributed by atoms with van der Waals surface area (Å²) >= 11 is 3.34. The van der Waals surface area contributed by atoms with Crippen molar-refractivity contribution in [3.05, 3.63) is 27.7 Å². The predicted molar refractivity (Wildman–Crippen MR) is 76.7 cm³/mol. The van der Waals surface area contributed by atoms with Crippen LogP contribution in [0.5, 0.6) is 0 Å². The molecule has 0 spiro atoms. The molecule has 1 rings (SSSR count). The van der Waals surface area contributed by atoms with Gasteiger partial charge in [-0.1, -0.05) is 15.9 Å². The second kappa shape index (κ2) is 6.75. The zero-order chi connectivity index (χ0) is 13.7. The average molecular weight is 315 g/mol. The quantitative estimate of drug-likeness (QED) is 0.821. The van der Waals surface area contributed by atoms with Crippen molar-refractivity contribution >= 4 is 27.5 Å². The van der Waals surface area contributed by atoms with E-state index in [0.717, 1.165) is 10.0 Å². The van der Waals surface area contributed by atoms with E-state index < -0.39 is 0 Å². The fourth-order valence-electron chi connectivity index (χ4n) is 1.57. The number of nitrogens with one attached hydrogen (secondary N) is 1. The minimum Gasteiger partial charge on any atom is -0.398 e. The molecular weight excluding hydrogens is 296 g/mol. The number of hydrogen-bond acceptors (Lipinski definition) is 3. The Kier molecular flexibility index (Phi) is 5.62. The summed E-state index contributed by atoms with van der Waals surface area (Å²) in [4.78, 5) is 12.1. The number of halogens is 1. The van der Waals surface area contributed by atoms with Gasteiger partial charge < -0.3 is 15.8 Å². The summed E-state index contributed by atoms with van der Waals surface area (Å²) in [6, 6.07) is 3.53. The Morgan fingerprint density at radius 3 is 2.83 bits per heavy atom. The van der Waals surface area contributed by atoms with Crippen LogP contribution in [0, 0.1) is 6.92 Å². The molecule has 0 aromatic heterocycles. The van der Waals surface area contributed by atoms with Crippen LogP contribution in [-0.2, 0) is 4.74 Å². The van der Waals surface area contributed by atoms with Crippen LogP contribution in [0.1, 0.15) is 29.8 Å². The zero-order valence-electron chi connectivity index (χ0n) is 10.9. The summed E-state index contributed by atoms with van der Waals surface area (Å²) < 4.78 is 6.06. The number of carbonyl (C=O) groups is 1. The van der Waals surface area contributed by atoms with E-state index in [1.165, 1.54) is 0 Å². The average Bonchev–Trinajstić information content (AvgIpc) is 2.30. The minimum atomic E-state index is -0.132. The summed E-state index contributed by atoms with van der Waals surface area (Å²) in [5.74, 6) is -0.132. The smallest absolute Gasteiger partial charge is 0.251 e. The highest BCUT2D eigenvalue weighted by Gasteiger charge is 2.14. The lowest BCUT2D eigenvalue weighted by atomic mass is 10.1. The van der Waals surface area contributed by atoms with Crippen LogP contribution in [0.2, 0.25) is 0 Å². The maximum atomic E-state index is 12.1. The molecule has 0 radical (unpaired) electrons. The Morgan fingerprint density at radius 1 is 1.56 bits per heavy atom. The lowest BCUT2D eigenvalue weighted by Gasteiger charge is -2.15. The van der Waals surface area contributed by atoms with Crippen molar-refractivity contribution in [3.8, 4) is 0 Å². The number of hydrogen-bond donors (Lipinski definition) is 2. The van der Waals surface area contributed by atoms with Gasteiger partial charge in [-0.05, 0) is 38.5 Å². The molecule has 5 heteroatoms. The van der Waals surface area contributed by atoms with Crippen LogP contribution in [0.4, 0.5) is 5.69 Å². The van der Waals surface area contributed by atoms with Gasteiger partial charge in [-0.25, -0.2) is 0 Å². The van der Waals surface area contributed by atoms with Crippen LogP contribution in [0.3, 0.4) is 0 Å². The van der Waals surface area contributed by atoms with E-state index in [9.17, 15) is 4.79 Å². The topological polar surface area (TPSA) is 64.3 Å². The number of amides is 1. The molecule has 0 aliphatic rings. The van der Waals surface area contributed by atoms with E-state index in [0.29, 0.717) is 24.5 Å². The molecule has 0 heterocycles. The Bertz CT molecular complexity index is 435. The van der Waals surface area contributed by atoms with E-state index in [4.69, 9.17) is 10.5 Å². The Balaban J connectivity index is 2.78. The van der Waals surface area contributed by atoms with Crippen molar-refractivity contribution in [3.63, 3.8) is 0 Å². The molecule has 0 aliphatic heterocycles.